The molecule has 1 aromatic heterocycles. The third-order valence-electron chi connectivity index (χ3n) is 10.2. The van der Waals surface area contributed by atoms with E-state index in [2.05, 4.69) is 152 Å². The SMILES string of the molecule is CC1(C)c2ccccc2-c2ccc(N(c3ccc4ccc5cccc6ccc3c4c56)c3cccc4c3oc3ccccc34)cc21. The molecule has 0 amide bonds. The first-order valence-electron chi connectivity index (χ1n) is 15.7. The van der Waals surface area contributed by atoms with Gasteiger partial charge >= 0.3 is 0 Å². The van der Waals surface area contributed by atoms with Crippen molar-refractivity contribution in [3.05, 3.63) is 151 Å². The predicted octanol–water partition coefficient (Wildman–Crippen LogP) is 12.3. The van der Waals surface area contributed by atoms with Gasteiger partial charge in [-0.3, -0.25) is 0 Å². The molecule has 2 heteroatoms. The van der Waals surface area contributed by atoms with E-state index in [1.165, 1.54) is 54.6 Å². The smallest absolute Gasteiger partial charge is 0.159 e. The zero-order valence-electron chi connectivity index (χ0n) is 25.1. The second-order valence-electron chi connectivity index (χ2n) is 12.9. The molecule has 10 rings (SSSR count). The molecule has 1 heterocycles. The Morgan fingerprint density at radius 2 is 1.18 bits per heavy atom. The molecule has 0 spiro atoms. The van der Waals surface area contributed by atoms with Crippen molar-refractivity contribution >= 4 is 71.3 Å². The number of furan rings is 1. The lowest BCUT2D eigenvalue weighted by Gasteiger charge is -2.29. The lowest BCUT2D eigenvalue weighted by Crippen LogP contribution is -2.16. The molecule has 0 bridgehead atoms. The van der Waals surface area contributed by atoms with E-state index < -0.39 is 0 Å². The standard InChI is InChI=1S/C43H29NO/c1-43(2)35-14-5-3-11-30(35)31-23-21-29(25-36(31)43)44(38-15-8-13-33-32-12-4-6-16-39(32)45-42(33)38)37-24-20-28-18-17-26-9-7-10-27-19-22-34(37)41(28)40(26)27/h3-25H,1-2H3. The van der Waals surface area contributed by atoms with Crippen LogP contribution in [0.1, 0.15) is 25.0 Å². The highest BCUT2D eigenvalue weighted by Crippen LogP contribution is 2.52. The van der Waals surface area contributed by atoms with Crippen molar-refractivity contribution in [2.75, 3.05) is 4.90 Å². The monoisotopic (exact) mass is 575 g/mol. The molecule has 0 saturated carbocycles. The Bertz CT molecular complexity index is 2620. The van der Waals surface area contributed by atoms with Gasteiger partial charge in [-0.2, -0.15) is 0 Å². The Morgan fingerprint density at radius 1 is 0.489 bits per heavy atom. The van der Waals surface area contributed by atoms with Gasteiger partial charge in [0.25, 0.3) is 0 Å². The molecular weight excluding hydrogens is 546 g/mol. The number of benzene rings is 8. The van der Waals surface area contributed by atoms with Crippen molar-refractivity contribution in [1.29, 1.82) is 0 Å². The van der Waals surface area contributed by atoms with E-state index in [4.69, 9.17) is 4.42 Å². The van der Waals surface area contributed by atoms with Crippen molar-refractivity contribution in [2.45, 2.75) is 19.3 Å². The van der Waals surface area contributed by atoms with E-state index in [9.17, 15) is 0 Å². The van der Waals surface area contributed by atoms with Gasteiger partial charge in [0.15, 0.2) is 5.58 Å². The second-order valence-corrected chi connectivity index (χ2v) is 12.9. The molecule has 45 heavy (non-hydrogen) atoms. The molecule has 0 saturated heterocycles. The molecule has 0 radical (unpaired) electrons. The highest BCUT2D eigenvalue weighted by molar-refractivity contribution is 6.26. The van der Waals surface area contributed by atoms with Gasteiger partial charge in [-0.1, -0.05) is 123 Å². The lowest BCUT2D eigenvalue weighted by molar-refractivity contribution is 0.660. The fraction of sp³-hybridized carbons (Fsp3) is 0.0698. The second kappa shape index (κ2) is 8.74. The first-order valence-corrected chi connectivity index (χ1v) is 15.7. The summed E-state index contributed by atoms with van der Waals surface area (Å²) >= 11 is 0. The molecule has 0 N–H and O–H groups in total. The molecule has 2 nitrogen and oxygen atoms in total. The summed E-state index contributed by atoms with van der Waals surface area (Å²) in [6, 6.07) is 51.0. The Hall–Kier alpha value is -5.60. The first kappa shape index (κ1) is 24.8. The van der Waals surface area contributed by atoms with E-state index in [0.29, 0.717) is 0 Å². The van der Waals surface area contributed by atoms with Crippen LogP contribution in [0.25, 0.3) is 65.4 Å². The fourth-order valence-corrected chi connectivity index (χ4v) is 8.06. The van der Waals surface area contributed by atoms with Crippen molar-refractivity contribution in [1.82, 2.24) is 0 Å². The predicted molar refractivity (Wildman–Crippen MR) is 190 cm³/mol. The maximum absolute atomic E-state index is 6.68. The van der Waals surface area contributed by atoms with Crippen LogP contribution in [0.5, 0.6) is 0 Å². The molecule has 0 atom stereocenters. The minimum atomic E-state index is -0.109. The van der Waals surface area contributed by atoms with Crippen molar-refractivity contribution in [3.8, 4) is 11.1 Å². The molecule has 0 aliphatic heterocycles. The summed E-state index contributed by atoms with van der Waals surface area (Å²) in [5.41, 5.74) is 10.4. The summed E-state index contributed by atoms with van der Waals surface area (Å²) in [5.74, 6) is 0. The summed E-state index contributed by atoms with van der Waals surface area (Å²) in [6.45, 7) is 4.70. The molecule has 1 aliphatic rings. The maximum Gasteiger partial charge on any atom is 0.159 e. The summed E-state index contributed by atoms with van der Waals surface area (Å²) < 4.78 is 6.68. The van der Waals surface area contributed by atoms with E-state index in [1.54, 1.807) is 0 Å². The van der Waals surface area contributed by atoms with Gasteiger partial charge in [-0.25, -0.2) is 0 Å². The van der Waals surface area contributed by atoms with Crippen molar-refractivity contribution in [3.63, 3.8) is 0 Å². The van der Waals surface area contributed by atoms with E-state index in [0.717, 1.165) is 39.0 Å². The normalized spacial score (nSPS) is 13.7. The minimum absolute atomic E-state index is 0.109. The number of hydrogen-bond acceptors (Lipinski definition) is 2. The average Bonchev–Trinajstić information content (AvgIpc) is 3.57. The topological polar surface area (TPSA) is 16.4 Å². The van der Waals surface area contributed by atoms with Crippen LogP contribution in [-0.2, 0) is 5.41 Å². The quantitative estimate of drug-likeness (QED) is 0.195. The Kier molecular flexibility index (Phi) is 4.82. The third kappa shape index (κ3) is 3.29. The van der Waals surface area contributed by atoms with Gasteiger partial charge in [0.2, 0.25) is 0 Å². The molecule has 0 unspecified atom stereocenters. The lowest BCUT2D eigenvalue weighted by atomic mass is 9.82. The van der Waals surface area contributed by atoms with Crippen LogP contribution in [0.15, 0.2) is 144 Å². The molecule has 1 aliphatic carbocycles. The van der Waals surface area contributed by atoms with Gasteiger partial charge in [-0.15, -0.1) is 0 Å². The largest absolute Gasteiger partial charge is 0.454 e. The Labute approximate surface area is 261 Å². The molecule has 0 fully saturated rings. The molecular formula is C43H29NO. The summed E-state index contributed by atoms with van der Waals surface area (Å²) in [4.78, 5) is 2.43. The van der Waals surface area contributed by atoms with E-state index >= 15 is 0 Å². The van der Waals surface area contributed by atoms with Crippen LogP contribution in [0, 0.1) is 0 Å². The van der Waals surface area contributed by atoms with Crippen LogP contribution in [0.3, 0.4) is 0 Å². The highest BCUT2D eigenvalue weighted by Gasteiger charge is 2.36. The average molecular weight is 576 g/mol. The minimum Gasteiger partial charge on any atom is -0.454 e. The maximum atomic E-state index is 6.68. The molecule has 8 aromatic carbocycles. The number of fused-ring (bicyclic) bond motifs is 6. The van der Waals surface area contributed by atoms with Crippen molar-refractivity contribution < 1.29 is 4.42 Å². The van der Waals surface area contributed by atoms with E-state index in [1.807, 2.05) is 6.07 Å². The van der Waals surface area contributed by atoms with E-state index in [-0.39, 0.29) is 5.41 Å². The fourth-order valence-electron chi connectivity index (χ4n) is 8.06. The number of hydrogen-bond donors (Lipinski definition) is 0. The van der Waals surface area contributed by atoms with Gasteiger partial charge in [0.1, 0.15) is 5.58 Å². The van der Waals surface area contributed by atoms with Crippen LogP contribution in [0.2, 0.25) is 0 Å². The highest BCUT2D eigenvalue weighted by atomic mass is 16.3. The van der Waals surface area contributed by atoms with Gasteiger partial charge < -0.3 is 9.32 Å². The third-order valence-corrected chi connectivity index (χ3v) is 10.2. The number of anilines is 3. The molecule has 212 valence electrons. The summed E-state index contributed by atoms with van der Waals surface area (Å²) in [5, 5.41) is 9.91. The molecule has 9 aromatic rings. The van der Waals surface area contributed by atoms with Gasteiger partial charge in [0.05, 0.1) is 11.4 Å². The van der Waals surface area contributed by atoms with Crippen LogP contribution < -0.4 is 4.90 Å². The number of para-hydroxylation sites is 2. The zero-order valence-corrected chi connectivity index (χ0v) is 25.1. The van der Waals surface area contributed by atoms with Gasteiger partial charge in [0, 0.05) is 27.3 Å². The first-order chi connectivity index (χ1) is 22.1. The van der Waals surface area contributed by atoms with Crippen LogP contribution >= 0.6 is 0 Å². The summed E-state index contributed by atoms with van der Waals surface area (Å²) in [6.07, 6.45) is 0. The number of nitrogens with zero attached hydrogens (tertiary/aromatic N) is 1. The van der Waals surface area contributed by atoms with Crippen LogP contribution in [0.4, 0.5) is 17.1 Å². The zero-order chi connectivity index (χ0) is 29.9. The Balaban J connectivity index is 1.31. The summed E-state index contributed by atoms with van der Waals surface area (Å²) in [7, 11) is 0. The van der Waals surface area contributed by atoms with Crippen LogP contribution in [-0.4, -0.2) is 0 Å². The van der Waals surface area contributed by atoms with Gasteiger partial charge in [-0.05, 0) is 79.5 Å². The Morgan fingerprint density at radius 3 is 2.07 bits per heavy atom. The number of rotatable bonds is 3. The van der Waals surface area contributed by atoms with Crippen molar-refractivity contribution in [2.24, 2.45) is 0 Å².